The highest BCUT2D eigenvalue weighted by Gasteiger charge is 2.14. The Morgan fingerprint density at radius 3 is 2.95 bits per heavy atom. The average molecular weight is 318 g/mol. The first-order valence-electron chi connectivity index (χ1n) is 5.98. The zero-order chi connectivity index (χ0) is 13.2. The number of aromatic nitrogens is 1. The van der Waals surface area contributed by atoms with Crippen molar-refractivity contribution < 1.29 is 4.79 Å². The van der Waals surface area contributed by atoms with Crippen molar-refractivity contribution in [2.75, 3.05) is 5.32 Å². The van der Waals surface area contributed by atoms with Gasteiger partial charge in [0.15, 0.2) is 0 Å². The molecule has 3 rings (SSSR count). The maximum Gasteiger partial charge on any atom is 0.256 e. The van der Waals surface area contributed by atoms with Crippen LogP contribution in [-0.4, -0.2) is 10.9 Å². The molecule has 0 spiro atoms. The molecule has 2 N–H and O–H groups in total. The SMILES string of the molecule is O=C(Nc1ncccc1Br)c1ccc2c(c1)CNC2. The first-order valence-corrected chi connectivity index (χ1v) is 6.78. The standard InChI is InChI=1S/C14H12BrN3O/c15-12-2-1-5-17-13(12)18-14(19)9-3-4-10-7-16-8-11(10)6-9/h1-6,16H,7-8H2,(H,17,18,19). The molecule has 0 aliphatic carbocycles. The Morgan fingerprint density at radius 2 is 2.11 bits per heavy atom. The molecule has 0 radical (unpaired) electrons. The average Bonchev–Trinajstić information content (AvgIpc) is 2.88. The highest BCUT2D eigenvalue weighted by atomic mass is 79.9. The molecule has 2 heterocycles. The van der Waals surface area contributed by atoms with Gasteiger partial charge in [0.25, 0.3) is 5.91 Å². The van der Waals surface area contributed by atoms with Crippen LogP contribution in [0.15, 0.2) is 41.0 Å². The number of amides is 1. The van der Waals surface area contributed by atoms with E-state index >= 15 is 0 Å². The fourth-order valence-electron chi connectivity index (χ4n) is 2.09. The number of nitrogens with zero attached hydrogens (tertiary/aromatic N) is 1. The zero-order valence-corrected chi connectivity index (χ0v) is 11.7. The summed E-state index contributed by atoms with van der Waals surface area (Å²) in [7, 11) is 0. The summed E-state index contributed by atoms with van der Waals surface area (Å²) in [5.41, 5.74) is 3.10. The van der Waals surface area contributed by atoms with Crippen LogP contribution in [0, 0.1) is 0 Å². The molecule has 19 heavy (non-hydrogen) atoms. The highest BCUT2D eigenvalue weighted by Crippen LogP contribution is 2.21. The van der Waals surface area contributed by atoms with E-state index in [0.717, 1.165) is 17.6 Å². The summed E-state index contributed by atoms with van der Waals surface area (Å²) in [5.74, 6) is 0.389. The smallest absolute Gasteiger partial charge is 0.256 e. The van der Waals surface area contributed by atoms with Crippen LogP contribution in [0.2, 0.25) is 0 Å². The van der Waals surface area contributed by atoms with Gasteiger partial charge < -0.3 is 10.6 Å². The summed E-state index contributed by atoms with van der Waals surface area (Å²) in [6, 6.07) is 9.42. The Hall–Kier alpha value is -1.72. The molecule has 1 amide bonds. The lowest BCUT2D eigenvalue weighted by Crippen LogP contribution is -2.13. The van der Waals surface area contributed by atoms with Gasteiger partial charge in [0, 0.05) is 24.8 Å². The Morgan fingerprint density at radius 1 is 1.26 bits per heavy atom. The summed E-state index contributed by atoms with van der Waals surface area (Å²) < 4.78 is 0.770. The van der Waals surface area contributed by atoms with Crippen molar-refractivity contribution in [3.8, 4) is 0 Å². The molecule has 1 aliphatic rings. The van der Waals surface area contributed by atoms with Crippen molar-refractivity contribution >= 4 is 27.7 Å². The minimum Gasteiger partial charge on any atom is -0.309 e. The molecule has 0 unspecified atom stereocenters. The van der Waals surface area contributed by atoms with Gasteiger partial charge in [-0.25, -0.2) is 4.98 Å². The van der Waals surface area contributed by atoms with Gasteiger partial charge in [0.1, 0.15) is 5.82 Å². The normalized spacial score (nSPS) is 13.1. The second-order valence-electron chi connectivity index (χ2n) is 4.37. The molecule has 2 aromatic rings. The molecule has 1 aromatic carbocycles. The molecule has 0 saturated heterocycles. The fourth-order valence-corrected chi connectivity index (χ4v) is 2.45. The largest absolute Gasteiger partial charge is 0.309 e. The van der Waals surface area contributed by atoms with Crippen molar-refractivity contribution in [3.63, 3.8) is 0 Å². The molecule has 0 bridgehead atoms. The number of nitrogens with one attached hydrogen (secondary N) is 2. The summed E-state index contributed by atoms with van der Waals surface area (Å²) in [6.45, 7) is 1.70. The Bertz CT molecular complexity index is 642. The third-order valence-corrected chi connectivity index (χ3v) is 3.73. The van der Waals surface area contributed by atoms with Gasteiger partial charge in [-0.15, -0.1) is 0 Å². The fraction of sp³-hybridized carbons (Fsp3) is 0.143. The zero-order valence-electron chi connectivity index (χ0n) is 10.1. The lowest BCUT2D eigenvalue weighted by molar-refractivity contribution is 0.102. The van der Waals surface area contributed by atoms with Gasteiger partial charge in [-0.1, -0.05) is 6.07 Å². The number of pyridine rings is 1. The first-order chi connectivity index (χ1) is 9.24. The number of rotatable bonds is 2. The maximum atomic E-state index is 12.2. The number of anilines is 1. The van der Waals surface area contributed by atoms with Crippen LogP contribution in [0.5, 0.6) is 0 Å². The van der Waals surface area contributed by atoms with Crippen LogP contribution in [0.4, 0.5) is 5.82 Å². The molecule has 0 atom stereocenters. The number of carbonyl (C=O) groups excluding carboxylic acids is 1. The van der Waals surface area contributed by atoms with Gasteiger partial charge >= 0.3 is 0 Å². The molecule has 0 fully saturated rings. The number of benzene rings is 1. The van der Waals surface area contributed by atoms with E-state index in [1.165, 1.54) is 11.1 Å². The van der Waals surface area contributed by atoms with E-state index in [4.69, 9.17) is 0 Å². The predicted octanol–water partition coefficient (Wildman–Crippen LogP) is 2.70. The van der Waals surface area contributed by atoms with Gasteiger partial charge in [-0.3, -0.25) is 4.79 Å². The van der Waals surface area contributed by atoms with Gasteiger partial charge in [0.2, 0.25) is 0 Å². The second-order valence-corrected chi connectivity index (χ2v) is 5.23. The highest BCUT2D eigenvalue weighted by molar-refractivity contribution is 9.10. The number of carbonyl (C=O) groups is 1. The minimum atomic E-state index is -0.144. The third-order valence-electron chi connectivity index (χ3n) is 3.09. The van der Waals surface area contributed by atoms with E-state index in [1.54, 1.807) is 12.3 Å². The number of halogens is 1. The maximum absolute atomic E-state index is 12.2. The van der Waals surface area contributed by atoms with Crippen LogP contribution in [0.3, 0.4) is 0 Å². The molecule has 5 heteroatoms. The Balaban J connectivity index is 1.83. The van der Waals surface area contributed by atoms with E-state index < -0.39 is 0 Å². The summed E-state index contributed by atoms with van der Waals surface area (Å²) in [6.07, 6.45) is 1.65. The van der Waals surface area contributed by atoms with Crippen LogP contribution < -0.4 is 10.6 Å². The van der Waals surface area contributed by atoms with Crippen molar-refractivity contribution in [3.05, 3.63) is 57.7 Å². The third kappa shape index (κ3) is 2.52. The summed E-state index contributed by atoms with van der Waals surface area (Å²) in [4.78, 5) is 16.3. The number of fused-ring (bicyclic) bond motifs is 1. The second kappa shape index (κ2) is 5.11. The monoisotopic (exact) mass is 317 g/mol. The Kier molecular flexibility index (Phi) is 3.31. The van der Waals surface area contributed by atoms with Crippen molar-refractivity contribution in [2.45, 2.75) is 13.1 Å². The molecule has 1 aromatic heterocycles. The van der Waals surface area contributed by atoms with E-state index in [-0.39, 0.29) is 5.91 Å². The first kappa shape index (κ1) is 12.3. The van der Waals surface area contributed by atoms with Crippen molar-refractivity contribution in [1.29, 1.82) is 0 Å². The Labute approximate surface area is 119 Å². The molecule has 1 aliphatic heterocycles. The van der Waals surface area contributed by atoms with Crippen molar-refractivity contribution in [2.24, 2.45) is 0 Å². The van der Waals surface area contributed by atoms with E-state index in [0.29, 0.717) is 11.4 Å². The van der Waals surface area contributed by atoms with Gasteiger partial charge in [0.05, 0.1) is 4.47 Å². The topological polar surface area (TPSA) is 54.0 Å². The van der Waals surface area contributed by atoms with Crippen LogP contribution >= 0.6 is 15.9 Å². The lowest BCUT2D eigenvalue weighted by Gasteiger charge is -2.07. The number of hydrogen-bond donors (Lipinski definition) is 2. The van der Waals surface area contributed by atoms with Crippen LogP contribution in [0.1, 0.15) is 21.5 Å². The van der Waals surface area contributed by atoms with E-state index in [2.05, 4.69) is 31.5 Å². The van der Waals surface area contributed by atoms with Crippen LogP contribution in [-0.2, 0) is 13.1 Å². The summed E-state index contributed by atoms with van der Waals surface area (Å²) in [5, 5.41) is 6.06. The molecular weight excluding hydrogens is 306 g/mol. The molecule has 0 saturated carbocycles. The van der Waals surface area contributed by atoms with Crippen LogP contribution in [0.25, 0.3) is 0 Å². The molecule has 96 valence electrons. The van der Waals surface area contributed by atoms with Gasteiger partial charge in [-0.05, 0) is 51.3 Å². The van der Waals surface area contributed by atoms with E-state index in [9.17, 15) is 4.79 Å². The van der Waals surface area contributed by atoms with Gasteiger partial charge in [-0.2, -0.15) is 0 Å². The van der Waals surface area contributed by atoms with E-state index in [1.807, 2.05) is 24.3 Å². The molecule has 4 nitrogen and oxygen atoms in total. The summed E-state index contributed by atoms with van der Waals surface area (Å²) >= 11 is 3.36. The quantitative estimate of drug-likeness (QED) is 0.895. The minimum absolute atomic E-state index is 0.144. The lowest BCUT2D eigenvalue weighted by atomic mass is 10.1. The molecular formula is C14H12BrN3O. The number of hydrogen-bond acceptors (Lipinski definition) is 3. The predicted molar refractivity (Wildman–Crippen MR) is 76.9 cm³/mol. The van der Waals surface area contributed by atoms with Crippen molar-refractivity contribution in [1.82, 2.24) is 10.3 Å².